The van der Waals surface area contributed by atoms with Crippen LogP contribution in [0.2, 0.25) is 0 Å². The maximum atomic E-state index is 3.95. The van der Waals surface area contributed by atoms with E-state index in [1.165, 1.54) is 11.0 Å². The molecule has 2 heteroatoms. The summed E-state index contributed by atoms with van der Waals surface area (Å²) in [6, 6.07) is 2.01. The molecule has 1 heterocycles. The van der Waals surface area contributed by atoms with E-state index in [-0.39, 0.29) is 0 Å². The molecule has 0 fully saturated rings. The Morgan fingerprint density at radius 2 is 2.25 bits per heavy atom. The standard InChI is InChI=1S/C6H8BN/c1-5-3-4-8-7-6(5)2/h3-4H,1-2H3. The molecule has 1 nitrogen and oxygen atoms in total. The molecule has 0 amide bonds. The Morgan fingerprint density at radius 1 is 1.50 bits per heavy atom. The Kier molecular flexibility index (Phi) is 1.42. The Morgan fingerprint density at radius 3 is 2.62 bits per heavy atom. The molecular formula is C6H8BN. The molecule has 0 saturated heterocycles. The molecule has 0 saturated carbocycles. The monoisotopic (exact) mass is 105 g/mol. The predicted molar refractivity (Wildman–Crippen MR) is 35.1 cm³/mol. The summed E-state index contributed by atoms with van der Waals surface area (Å²) in [6.45, 7) is 4.14. The minimum absolute atomic E-state index is 1.26. The van der Waals surface area contributed by atoms with Gasteiger partial charge in [-0.2, -0.15) is 0 Å². The van der Waals surface area contributed by atoms with Gasteiger partial charge in [-0.1, -0.05) is 0 Å². The van der Waals surface area contributed by atoms with E-state index in [0.29, 0.717) is 0 Å². The molecule has 0 unspecified atom stereocenters. The number of hydrogen-bond donors (Lipinski definition) is 0. The van der Waals surface area contributed by atoms with E-state index in [2.05, 4.69) is 18.7 Å². The van der Waals surface area contributed by atoms with Gasteiger partial charge in [0.15, 0.2) is 0 Å². The third kappa shape index (κ3) is 0.943. The molecule has 8 heavy (non-hydrogen) atoms. The first kappa shape index (κ1) is 5.48. The molecule has 0 aliphatic carbocycles. The number of hydrogen-bond acceptors (Lipinski definition) is 1. The average molecular weight is 105 g/mol. The van der Waals surface area contributed by atoms with Crippen molar-refractivity contribution in [2.24, 2.45) is 0 Å². The SMILES string of the molecule is Cc1bnccc1C. The van der Waals surface area contributed by atoms with E-state index >= 15 is 0 Å². The van der Waals surface area contributed by atoms with Crippen LogP contribution < -0.4 is 0 Å². The second kappa shape index (κ2) is 2.08. The second-order valence-corrected chi connectivity index (χ2v) is 1.96. The summed E-state index contributed by atoms with van der Waals surface area (Å²) in [4.78, 5) is 3.95. The van der Waals surface area contributed by atoms with Crippen LogP contribution in [0.3, 0.4) is 0 Å². The van der Waals surface area contributed by atoms with Crippen molar-refractivity contribution in [1.29, 1.82) is 0 Å². The van der Waals surface area contributed by atoms with Gasteiger partial charge in [0.1, 0.15) is 0 Å². The normalized spacial score (nSPS) is 8.75. The van der Waals surface area contributed by atoms with E-state index in [4.69, 9.17) is 0 Å². The Hall–Kier alpha value is -0.655. The van der Waals surface area contributed by atoms with Crippen molar-refractivity contribution in [2.75, 3.05) is 0 Å². The molecule has 0 spiro atoms. The third-order valence-corrected chi connectivity index (χ3v) is 1.30. The molecule has 1 aromatic heterocycles. The maximum absolute atomic E-state index is 3.95. The number of rotatable bonds is 0. The van der Waals surface area contributed by atoms with Gasteiger partial charge in [0, 0.05) is 0 Å². The Bertz CT molecular complexity index is 165. The topological polar surface area (TPSA) is 12.9 Å². The van der Waals surface area contributed by atoms with Crippen LogP contribution in [-0.4, -0.2) is 11.9 Å². The summed E-state index contributed by atoms with van der Waals surface area (Å²) in [5.74, 6) is 0. The number of nitrogens with zero attached hydrogens (tertiary/aromatic N) is 1. The van der Waals surface area contributed by atoms with Crippen molar-refractivity contribution in [3.63, 3.8) is 0 Å². The van der Waals surface area contributed by atoms with Crippen LogP contribution in [0, 0.1) is 13.8 Å². The van der Waals surface area contributed by atoms with Crippen LogP contribution in [0.25, 0.3) is 0 Å². The zero-order valence-corrected chi connectivity index (χ0v) is 5.18. The van der Waals surface area contributed by atoms with E-state index in [1.807, 2.05) is 19.3 Å². The van der Waals surface area contributed by atoms with Gasteiger partial charge in [-0.3, -0.25) is 0 Å². The molecule has 0 radical (unpaired) electrons. The predicted octanol–water partition coefficient (Wildman–Crippen LogP) is 1.04. The zero-order valence-electron chi connectivity index (χ0n) is 5.18. The van der Waals surface area contributed by atoms with Crippen molar-refractivity contribution >= 4 is 7.05 Å². The summed E-state index contributed by atoms with van der Waals surface area (Å²) in [6.07, 6.45) is 1.81. The molecule has 0 aliphatic rings. The van der Waals surface area contributed by atoms with E-state index in [0.717, 1.165) is 0 Å². The summed E-state index contributed by atoms with van der Waals surface area (Å²) < 4.78 is 0. The Labute approximate surface area is 50.0 Å². The minimum atomic E-state index is 1.26. The van der Waals surface area contributed by atoms with Gasteiger partial charge in [-0.15, -0.1) is 0 Å². The van der Waals surface area contributed by atoms with Crippen LogP contribution in [0.15, 0.2) is 12.3 Å². The number of aromatic nitrogens is 1. The van der Waals surface area contributed by atoms with Gasteiger partial charge in [0.2, 0.25) is 0 Å². The second-order valence-electron chi connectivity index (χ2n) is 1.96. The van der Waals surface area contributed by atoms with Gasteiger partial charge in [0.05, 0.1) is 0 Å². The average Bonchev–Trinajstić information content (AvgIpc) is 1.77. The van der Waals surface area contributed by atoms with Crippen LogP contribution in [0.1, 0.15) is 11.0 Å². The third-order valence-electron chi connectivity index (χ3n) is 1.30. The molecule has 40 valence electrons. The fourth-order valence-corrected chi connectivity index (χ4v) is 0.543. The fraction of sp³-hybridized carbons (Fsp3) is 0.333. The van der Waals surface area contributed by atoms with E-state index in [9.17, 15) is 0 Å². The van der Waals surface area contributed by atoms with Crippen LogP contribution in [-0.2, 0) is 0 Å². The van der Waals surface area contributed by atoms with Gasteiger partial charge in [-0.25, -0.2) is 0 Å². The molecular weight excluding hydrogens is 96.9 g/mol. The van der Waals surface area contributed by atoms with E-state index < -0.39 is 0 Å². The van der Waals surface area contributed by atoms with Crippen LogP contribution in [0.5, 0.6) is 0 Å². The van der Waals surface area contributed by atoms with Gasteiger partial charge in [0.25, 0.3) is 0 Å². The van der Waals surface area contributed by atoms with Crippen molar-refractivity contribution in [3.8, 4) is 0 Å². The quantitative estimate of drug-likeness (QED) is 0.480. The van der Waals surface area contributed by atoms with Gasteiger partial charge < -0.3 is 0 Å². The molecule has 0 aliphatic heterocycles. The molecule has 0 atom stereocenters. The van der Waals surface area contributed by atoms with Crippen molar-refractivity contribution in [2.45, 2.75) is 13.8 Å². The van der Waals surface area contributed by atoms with Gasteiger partial charge >= 0.3 is 49.1 Å². The molecule has 0 N–H and O–H groups in total. The zero-order chi connectivity index (χ0) is 5.98. The van der Waals surface area contributed by atoms with Gasteiger partial charge in [-0.05, 0) is 0 Å². The molecule has 1 aromatic rings. The van der Waals surface area contributed by atoms with Crippen molar-refractivity contribution in [1.82, 2.24) is 4.89 Å². The van der Waals surface area contributed by atoms with Crippen molar-refractivity contribution < 1.29 is 0 Å². The van der Waals surface area contributed by atoms with Crippen molar-refractivity contribution in [3.05, 3.63) is 23.3 Å². The van der Waals surface area contributed by atoms with Crippen LogP contribution in [0.4, 0.5) is 0 Å². The first-order chi connectivity index (χ1) is 3.80. The van der Waals surface area contributed by atoms with E-state index in [1.54, 1.807) is 0 Å². The molecule has 1 rings (SSSR count). The summed E-state index contributed by atoms with van der Waals surface area (Å²) in [5, 5.41) is 0. The van der Waals surface area contributed by atoms with Crippen LogP contribution >= 0.6 is 0 Å². The fourth-order valence-electron chi connectivity index (χ4n) is 0.543. The summed E-state index contributed by atoms with van der Waals surface area (Å²) in [5.41, 5.74) is 2.56. The Balaban J connectivity index is 3.13. The summed E-state index contributed by atoms with van der Waals surface area (Å²) in [7, 11) is 1.87. The first-order valence-electron chi connectivity index (χ1n) is 2.68. The molecule has 0 bridgehead atoms. The number of aryl methyl sites for hydroxylation is 2. The first-order valence-corrected chi connectivity index (χ1v) is 2.68. The summed E-state index contributed by atoms with van der Waals surface area (Å²) >= 11 is 0. The molecule has 0 aromatic carbocycles.